The molecule has 0 spiro atoms. The minimum atomic E-state index is 1.53. The number of hydrogen-bond donors (Lipinski definition) is 0. The third-order valence-electron chi connectivity index (χ3n) is 0.211. The molecule has 0 aromatic rings. The zero-order chi connectivity index (χ0) is 4.12. The first-order chi connectivity index (χ1) is 2.41. The van der Waals surface area contributed by atoms with Crippen LogP contribution in [-0.4, -0.2) is 12.9 Å². The largest absolute Gasteiger partial charge is 0.290 e. The van der Waals surface area contributed by atoms with E-state index in [0.29, 0.717) is 0 Å². The van der Waals surface area contributed by atoms with Gasteiger partial charge in [-0.25, -0.2) is 0 Å². The van der Waals surface area contributed by atoms with E-state index >= 15 is 0 Å². The molecule has 0 saturated carbocycles. The summed E-state index contributed by atoms with van der Waals surface area (Å²) in [6.45, 7) is 6.53. The molecule has 0 aliphatic carbocycles. The molecule has 0 N–H and O–H groups in total. The predicted molar refractivity (Wildman–Crippen MR) is 25.5 cm³/mol. The van der Waals surface area contributed by atoms with Gasteiger partial charge in [0.15, 0.2) is 0 Å². The average Bonchev–Trinajstić information content (AvgIpc) is 1.41. The van der Waals surface area contributed by atoms with Crippen LogP contribution in [0, 0.1) is 0 Å². The summed E-state index contributed by atoms with van der Waals surface area (Å²) in [6.07, 6.45) is 3.10. The van der Waals surface area contributed by atoms with Crippen LogP contribution < -0.4 is 4.67 Å². The van der Waals surface area contributed by atoms with Gasteiger partial charge in [0.05, 0.1) is 0 Å². The summed E-state index contributed by atoms with van der Waals surface area (Å²) in [5.41, 5.74) is 0. The van der Waals surface area contributed by atoms with Crippen molar-refractivity contribution in [2.24, 2.45) is 0 Å². The van der Waals surface area contributed by atoms with Crippen LogP contribution in [0.25, 0.3) is 0 Å². The summed E-state index contributed by atoms with van der Waals surface area (Å²) in [5, 5.41) is 0. The third-order valence-corrected chi connectivity index (χ3v) is 0.211. The summed E-state index contributed by atoms with van der Waals surface area (Å²) in [5.74, 6) is 0. The Labute approximate surface area is 31.4 Å². The Hall–Kier alpha value is -0.810. The maximum Gasteiger partial charge on any atom is 0.290 e. The first-order valence-corrected chi connectivity index (χ1v) is 1.32. The zero-order valence-corrected chi connectivity index (χ0v) is 3.02. The lowest BCUT2D eigenvalue weighted by Gasteiger charge is -1.33. The van der Waals surface area contributed by atoms with Gasteiger partial charge in [-0.3, -0.25) is 0 Å². The Kier molecular flexibility index (Phi) is 2.67. The van der Waals surface area contributed by atoms with Crippen LogP contribution in [0.15, 0.2) is 12.7 Å². The molecule has 0 aliphatic heterocycles. The molecule has 0 aromatic carbocycles. The maximum absolute atomic E-state index is 3.36. The van der Waals surface area contributed by atoms with Crippen molar-refractivity contribution < 1.29 is 0 Å². The van der Waals surface area contributed by atoms with Gasteiger partial charge in [0.2, 0.25) is 0 Å². The molecule has 0 heterocycles. The molecule has 1 heteroatoms. The van der Waals surface area contributed by atoms with Crippen molar-refractivity contribution in [1.29, 1.82) is 0 Å². The van der Waals surface area contributed by atoms with Gasteiger partial charge in [0, 0.05) is 6.08 Å². The van der Waals surface area contributed by atoms with Crippen LogP contribution in [-0.2, 0) is 0 Å². The number of allylic oxidation sites excluding steroid dienone is 1. The second-order valence-electron chi connectivity index (χ2n) is 0.567. The van der Waals surface area contributed by atoms with Gasteiger partial charge in [-0.1, -0.05) is 6.58 Å². The lowest BCUT2D eigenvalue weighted by atomic mass is 10.7. The molecule has 0 saturated heterocycles. The summed E-state index contributed by atoms with van der Waals surface area (Å²) >= 11 is 0. The lowest BCUT2D eigenvalue weighted by Crippen LogP contribution is -1.61. The second kappa shape index (κ2) is 3.19. The highest BCUT2D eigenvalue weighted by molar-refractivity contribution is 5.70. The summed E-state index contributed by atoms with van der Waals surface area (Å²) in [6, 6.07) is 0. The van der Waals surface area contributed by atoms with Crippen LogP contribution in [0.3, 0.4) is 0 Å². The Morgan fingerprint density at radius 2 is 2.20 bits per heavy atom. The molecular weight excluding hydrogens is 62.1 g/mol. The molecule has 0 radical (unpaired) electrons. The SMILES string of the molecule is C=CC=[N+]=C. The summed E-state index contributed by atoms with van der Waals surface area (Å²) in [7, 11) is 0. The summed E-state index contributed by atoms with van der Waals surface area (Å²) in [4.78, 5) is 0. The van der Waals surface area contributed by atoms with E-state index in [1.807, 2.05) is 0 Å². The lowest BCUT2D eigenvalue weighted by molar-refractivity contribution is 1.78. The van der Waals surface area contributed by atoms with Crippen molar-refractivity contribution in [3.8, 4) is 0 Å². The van der Waals surface area contributed by atoms with Gasteiger partial charge in [-0.05, 0) is 0 Å². The van der Waals surface area contributed by atoms with E-state index in [4.69, 9.17) is 0 Å². The average molecular weight is 68.1 g/mol. The number of rotatable bonds is 1. The molecule has 0 aromatic heterocycles. The first-order valence-electron chi connectivity index (χ1n) is 1.32. The highest BCUT2D eigenvalue weighted by Gasteiger charge is 1.53. The van der Waals surface area contributed by atoms with Crippen molar-refractivity contribution >= 4 is 12.9 Å². The van der Waals surface area contributed by atoms with Gasteiger partial charge in [-0.2, -0.15) is 0 Å². The fourth-order valence-corrected chi connectivity index (χ4v) is 0.0745. The van der Waals surface area contributed by atoms with Crippen LogP contribution in [0.1, 0.15) is 0 Å². The van der Waals surface area contributed by atoms with Gasteiger partial charge in [0.25, 0.3) is 12.9 Å². The van der Waals surface area contributed by atoms with Crippen molar-refractivity contribution in [1.82, 2.24) is 4.67 Å². The van der Waals surface area contributed by atoms with E-state index in [2.05, 4.69) is 18.0 Å². The van der Waals surface area contributed by atoms with E-state index in [1.165, 1.54) is 6.21 Å². The molecule has 5 heavy (non-hydrogen) atoms. The Balaban J connectivity index is 3.31. The molecule has 0 unspecified atom stereocenters. The first kappa shape index (κ1) is 4.19. The maximum atomic E-state index is 3.36. The second-order valence-corrected chi connectivity index (χ2v) is 0.567. The highest BCUT2D eigenvalue weighted by Crippen LogP contribution is 1.35. The molecule has 0 rings (SSSR count). The molecule has 0 bridgehead atoms. The highest BCUT2D eigenvalue weighted by atomic mass is 14.5. The van der Waals surface area contributed by atoms with Crippen molar-refractivity contribution in [3.05, 3.63) is 12.7 Å². The van der Waals surface area contributed by atoms with Crippen LogP contribution in [0.5, 0.6) is 0 Å². The van der Waals surface area contributed by atoms with Gasteiger partial charge >= 0.3 is 0 Å². The fraction of sp³-hybridized carbons (Fsp3) is 0. The predicted octanol–water partition coefficient (Wildman–Crippen LogP) is 0.0110. The quantitative estimate of drug-likeness (QED) is 0.303. The van der Waals surface area contributed by atoms with E-state index in [9.17, 15) is 0 Å². The summed E-state index contributed by atoms with van der Waals surface area (Å²) < 4.78 is 3.36. The third kappa shape index (κ3) is 3.19. The topological polar surface area (TPSA) is 14.1 Å². The van der Waals surface area contributed by atoms with E-state index in [0.717, 1.165) is 0 Å². The van der Waals surface area contributed by atoms with Crippen LogP contribution in [0.4, 0.5) is 0 Å². The van der Waals surface area contributed by atoms with Gasteiger partial charge < -0.3 is 0 Å². The Morgan fingerprint density at radius 1 is 1.60 bits per heavy atom. The molecule has 0 aliphatic rings. The van der Waals surface area contributed by atoms with Crippen molar-refractivity contribution in [2.45, 2.75) is 0 Å². The standard InChI is InChI=1S/C4H6N/c1-3-4-5-2/h3-4H,1-2H2/q+1. The monoisotopic (exact) mass is 68.0 g/mol. The zero-order valence-electron chi connectivity index (χ0n) is 3.02. The Bertz CT molecular complexity index is 67.7. The van der Waals surface area contributed by atoms with Crippen molar-refractivity contribution in [3.63, 3.8) is 0 Å². The van der Waals surface area contributed by atoms with E-state index in [1.54, 1.807) is 6.08 Å². The Morgan fingerprint density at radius 3 is 2.20 bits per heavy atom. The van der Waals surface area contributed by atoms with E-state index in [-0.39, 0.29) is 0 Å². The van der Waals surface area contributed by atoms with Crippen LogP contribution >= 0.6 is 0 Å². The molecule has 0 atom stereocenters. The normalized spacial score (nSPS) is 4.80. The van der Waals surface area contributed by atoms with Crippen LogP contribution in [0.2, 0.25) is 0 Å². The van der Waals surface area contributed by atoms with E-state index < -0.39 is 0 Å². The van der Waals surface area contributed by atoms with Crippen molar-refractivity contribution in [2.75, 3.05) is 0 Å². The molecule has 0 fully saturated rings. The minimum absolute atomic E-state index is 1.53. The number of hydrogen-bond acceptors (Lipinski definition) is 0. The minimum Gasteiger partial charge on any atom is -0.109 e. The number of nitrogens with zero attached hydrogens (tertiary/aromatic N) is 1. The molecule has 1 nitrogen and oxygen atoms in total. The smallest absolute Gasteiger partial charge is 0.109 e. The fourth-order valence-electron chi connectivity index (χ4n) is 0.0745. The molecule has 0 amide bonds. The molecular formula is C4H6N+. The van der Waals surface area contributed by atoms with Gasteiger partial charge in [-0.15, -0.1) is 4.67 Å². The molecule has 26 valence electrons. The van der Waals surface area contributed by atoms with Gasteiger partial charge in [0.1, 0.15) is 0 Å².